The standard InChI is InChI=1S/C10H9FN4/c11-6-1-2-8-7(5-6)9-13-3-4-15(9)10(12)14-8/h1-2,5,12-13H,3-4H2. The van der Waals surface area contributed by atoms with Crippen LogP contribution in [-0.4, -0.2) is 16.1 Å². The maximum atomic E-state index is 13.1. The molecule has 0 spiro atoms. The first-order chi connectivity index (χ1) is 7.25. The zero-order valence-corrected chi connectivity index (χ0v) is 7.92. The van der Waals surface area contributed by atoms with Gasteiger partial charge in [0.05, 0.1) is 5.52 Å². The number of benzene rings is 1. The fourth-order valence-electron chi connectivity index (χ4n) is 1.92. The molecule has 0 atom stereocenters. The predicted molar refractivity (Wildman–Crippen MR) is 54.0 cm³/mol. The third kappa shape index (κ3) is 1.12. The molecule has 0 saturated heterocycles. The number of aromatic nitrogens is 2. The Labute approximate surface area is 84.9 Å². The van der Waals surface area contributed by atoms with Crippen molar-refractivity contribution in [1.82, 2.24) is 9.55 Å². The van der Waals surface area contributed by atoms with Gasteiger partial charge < -0.3 is 5.32 Å². The lowest BCUT2D eigenvalue weighted by Crippen LogP contribution is -2.21. The highest BCUT2D eigenvalue weighted by Gasteiger charge is 2.14. The maximum Gasteiger partial charge on any atom is 0.224 e. The van der Waals surface area contributed by atoms with Crippen LogP contribution in [0.5, 0.6) is 0 Å². The van der Waals surface area contributed by atoms with E-state index in [1.54, 1.807) is 10.6 Å². The fourth-order valence-corrected chi connectivity index (χ4v) is 1.92. The molecule has 1 aromatic carbocycles. The van der Waals surface area contributed by atoms with Crippen LogP contribution in [0.1, 0.15) is 0 Å². The Bertz CT molecular complexity index is 602. The van der Waals surface area contributed by atoms with Gasteiger partial charge in [-0.15, -0.1) is 0 Å². The van der Waals surface area contributed by atoms with Gasteiger partial charge in [-0.2, -0.15) is 0 Å². The number of hydrogen-bond donors (Lipinski definition) is 2. The van der Waals surface area contributed by atoms with Crippen molar-refractivity contribution in [1.29, 1.82) is 5.41 Å². The van der Waals surface area contributed by atoms with Crippen LogP contribution in [-0.2, 0) is 6.54 Å². The van der Waals surface area contributed by atoms with Crippen molar-refractivity contribution in [3.05, 3.63) is 29.6 Å². The van der Waals surface area contributed by atoms with Gasteiger partial charge in [-0.05, 0) is 18.2 Å². The first-order valence-corrected chi connectivity index (χ1v) is 4.74. The van der Waals surface area contributed by atoms with Crippen molar-refractivity contribution >= 4 is 16.7 Å². The van der Waals surface area contributed by atoms with Crippen molar-refractivity contribution in [2.24, 2.45) is 0 Å². The lowest BCUT2D eigenvalue weighted by atomic mass is 10.2. The summed E-state index contributed by atoms with van der Waals surface area (Å²) in [5.74, 6) is 0.517. The second-order valence-electron chi connectivity index (χ2n) is 3.52. The monoisotopic (exact) mass is 204 g/mol. The molecule has 0 fully saturated rings. The Kier molecular flexibility index (Phi) is 1.56. The third-order valence-electron chi connectivity index (χ3n) is 2.59. The summed E-state index contributed by atoms with van der Waals surface area (Å²) in [6.45, 7) is 1.48. The molecule has 2 N–H and O–H groups in total. The molecule has 15 heavy (non-hydrogen) atoms. The molecule has 0 unspecified atom stereocenters. The quantitative estimate of drug-likeness (QED) is 0.674. The molecule has 1 aliphatic rings. The normalized spacial score (nSPS) is 13.9. The van der Waals surface area contributed by atoms with Gasteiger partial charge in [-0.3, -0.25) is 9.98 Å². The van der Waals surface area contributed by atoms with E-state index in [1.165, 1.54) is 12.1 Å². The minimum atomic E-state index is -0.279. The van der Waals surface area contributed by atoms with Gasteiger partial charge in [0.2, 0.25) is 5.62 Å². The lowest BCUT2D eigenvalue weighted by Gasteiger charge is -2.06. The topological polar surface area (TPSA) is 53.7 Å². The van der Waals surface area contributed by atoms with Crippen molar-refractivity contribution < 1.29 is 4.39 Å². The van der Waals surface area contributed by atoms with Crippen LogP contribution in [0.25, 0.3) is 10.9 Å². The molecule has 0 amide bonds. The van der Waals surface area contributed by atoms with Crippen molar-refractivity contribution in [3.8, 4) is 0 Å². The number of fused-ring (bicyclic) bond motifs is 3. The Morgan fingerprint density at radius 1 is 1.47 bits per heavy atom. The van der Waals surface area contributed by atoms with Gasteiger partial charge in [0.25, 0.3) is 0 Å². The van der Waals surface area contributed by atoms with E-state index in [9.17, 15) is 4.39 Å². The summed E-state index contributed by atoms with van der Waals surface area (Å²) >= 11 is 0. The second-order valence-corrected chi connectivity index (χ2v) is 3.52. The average molecular weight is 204 g/mol. The summed E-state index contributed by atoms with van der Waals surface area (Å²) in [6.07, 6.45) is 0. The summed E-state index contributed by atoms with van der Waals surface area (Å²) in [5, 5.41) is 11.6. The van der Waals surface area contributed by atoms with E-state index >= 15 is 0 Å². The molecule has 0 aliphatic carbocycles. The van der Waals surface area contributed by atoms with E-state index in [4.69, 9.17) is 5.41 Å². The smallest absolute Gasteiger partial charge is 0.224 e. The van der Waals surface area contributed by atoms with Crippen LogP contribution >= 0.6 is 0 Å². The number of nitrogens with zero attached hydrogens (tertiary/aromatic N) is 2. The van der Waals surface area contributed by atoms with Crippen LogP contribution in [0.2, 0.25) is 0 Å². The molecule has 5 heteroatoms. The Morgan fingerprint density at radius 2 is 2.33 bits per heavy atom. The largest absolute Gasteiger partial charge is 0.369 e. The molecule has 4 nitrogen and oxygen atoms in total. The number of halogens is 1. The Morgan fingerprint density at radius 3 is 3.20 bits per heavy atom. The summed E-state index contributed by atoms with van der Waals surface area (Å²) in [6, 6.07) is 4.41. The van der Waals surface area contributed by atoms with E-state index < -0.39 is 0 Å². The fraction of sp³-hybridized carbons (Fsp3) is 0.200. The maximum absolute atomic E-state index is 13.1. The van der Waals surface area contributed by atoms with E-state index in [2.05, 4.69) is 10.3 Å². The van der Waals surface area contributed by atoms with Crippen molar-refractivity contribution in [3.63, 3.8) is 0 Å². The molecule has 1 aliphatic heterocycles. The number of anilines is 1. The summed E-state index contributed by atoms with van der Waals surface area (Å²) in [4.78, 5) is 4.11. The van der Waals surface area contributed by atoms with Crippen molar-refractivity contribution in [2.75, 3.05) is 11.9 Å². The van der Waals surface area contributed by atoms with Crippen LogP contribution < -0.4 is 10.9 Å². The molecular weight excluding hydrogens is 195 g/mol. The molecule has 3 rings (SSSR count). The molecule has 76 valence electrons. The second kappa shape index (κ2) is 2.79. The first kappa shape index (κ1) is 8.40. The summed E-state index contributed by atoms with van der Waals surface area (Å²) in [7, 11) is 0. The summed E-state index contributed by atoms with van der Waals surface area (Å²) in [5.41, 5.74) is 0.871. The minimum Gasteiger partial charge on any atom is -0.369 e. The molecule has 2 aromatic rings. The van der Waals surface area contributed by atoms with E-state index in [-0.39, 0.29) is 11.4 Å². The van der Waals surface area contributed by atoms with Crippen LogP contribution in [0.3, 0.4) is 0 Å². The van der Waals surface area contributed by atoms with E-state index in [1.807, 2.05) is 0 Å². The van der Waals surface area contributed by atoms with E-state index in [0.29, 0.717) is 12.1 Å². The Hall–Kier alpha value is -1.91. The van der Waals surface area contributed by atoms with Gasteiger partial charge in [-0.25, -0.2) is 9.37 Å². The first-order valence-electron chi connectivity index (χ1n) is 4.74. The van der Waals surface area contributed by atoms with Gasteiger partial charge in [0, 0.05) is 18.5 Å². The predicted octanol–water partition coefficient (Wildman–Crippen LogP) is 1.08. The van der Waals surface area contributed by atoms with Gasteiger partial charge >= 0.3 is 0 Å². The molecule has 2 heterocycles. The van der Waals surface area contributed by atoms with Gasteiger partial charge in [0.15, 0.2) is 0 Å². The third-order valence-corrected chi connectivity index (χ3v) is 2.59. The van der Waals surface area contributed by atoms with Crippen molar-refractivity contribution in [2.45, 2.75) is 6.54 Å². The zero-order valence-electron chi connectivity index (χ0n) is 7.92. The zero-order chi connectivity index (χ0) is 10.4. The van der Waals surface area contributed by atoms with Crippen LogP contribution in [0.4, 0.5) is 10.2 Å². The lowest BCUT2D eigenvalue weighted by molar-refractivity contribution is 0.629. The van der Waals surface area contributed by atoms with Gasteiger partial charge in [-0.1, -0.05) is 0 Å². The van der Waals surface area contributed by atoms with Crippen LogP contribution in [0, 0.1) is 11.2 Å². The average Bonchev–Trinajstić information content (AvgIpc) is 2.69. The minimum absolute atomic E-state index is 0.217. The summed E-state index contributed by atoms with van der Waals surface area (Å²) < 4.78 is 14.8. The number of rotatable bonds is 0. The van der Waals surface area contributed by atoms with Gasteiger partial charge in [0.1, 0.15) is 11.6 Å². The number of nitrogens with one attached hydrogen (secondary N) is 2. The van der Waals surface area contributed by atoms with E-state index in [0.717, 1.165) is 17.7 Å². The molecule has 0 bridgehead atoms. The SMILES string of the molecule is N=c1nc2ccc(F)cc2c2n1CCN2. The highest BCUT2D eigenvalue weighted by atomic mass is 19.1. The highest BCUT2D eigenvalue weighted by molar-refractivity contribution is 5.89. The molecule has 0 saturated carbocycles. The Balaban J connectivity index is 2.49. The molecular formula is C10H9FN4. The number of hydrogen-bond acceptors (Lipinski definition) is 3. The molecule has 0 radical (unpaired) electrons. The van der Waals surface area contributed by atoms with Crippen LogP contribution in [0.15, 0.2) is 18.2 Å². The highest BCUT2D eigenvalue weighted by Crippen LogP contribution is 2.23. The molecule has 1 aromatic heterocycles.